The molecule has 224 valence electrons. The van der Waals surface area contributed by atoms with Crippen LogP contribution in [0.1, 0.15) is 29.2 Å². The number of carbonyl (C=O) groups is 5. The largest absolute Gasteiger partial charge is 0.543 e. The summed E-state index contributed by atoms with van der Waals surface area (Å²) in [4.78, 5) is 71.7. The number of nitrogens with one attached hydrogen (secondary N) is 1. The summed E-state index contributed by atoms with van der Waals surface area (Å²) in [5.74, 6) is -5.36. The van der Waals surface area contributed by atoms with Gasteiger partial charge in [-0.05, 0) is 19.9 Å². The predicted molar refractivity (Wildman–Crippen MR) is 152 cm³/mol. The number of hydrogen-bond donors (Lipinski definition) is 4. The Bertz CT molecular complexity index is 1760. The Kier molecular flexibility index (Phi) is 7.84. The number of aliphatic carboxylic acids is 2. The molecule has 5 N–H and O–H groups in total. The third-order valence-electron chi connectivity index (χ3n) is 6.48. The second-order valence-corrected chi connectivity index (χ2v) is 12.9. The van der Waals surface area contributed by atoms with Gasteiger partial charge in [-0.3, -0.25) is 14.5 Å². The van der Waals surface area contributed by atoms with Gasteiger partial charge < -0.3 is 36.0 Å². The van der Waals surface area contributed by atoms with Crippen molar-refractivity contribution in [1.82, 2.24) is 15.2 Å². The van der Waals surface area contributed by atoms with Gasteiger partial charge in [0.1, 0.15) is 22.0 Å². The zero-order chi connectivity index (χ0) is 31.2. The first kappa shape index (κ1) is 29.9. The molecule has 5 rings (SSSR count). The van der Waals surface area contributed by atoms with Gasteiger partial charge in [-0.25, -0.2) is 19.1 Å². The van der Waals surface area contributed by atoms with E-state index in [0.29, 0.717) is 11.0 Å². The fraction of sp³-hybridized carbons (Fsp3) is 0.280. The van der Waals surface area contributed by atoms with Crippen LogP contribution in [0.5, 0.6) is 0 Å². The lowest BCUT2D eigenvalue weighted by Gasteiger charge is -2.50. The number of fused-ring (bicyclic) bond motifs is 2. The summed E-state index contributed by atoms with van der Waals surface area (Å²) in [6, 6.07) is 2.11. The number of thioether (sulfide) groups is 1. The van der Waals surface area contributed by atoms with Gasteiger partial charge in [-0.2, -0.15) is 0 Å². The van der Waals surface area contributed by atoms with E-state index < -0.39 is 52.5 Å². The van der Waals surface area contributed by atoms with Crippen molar-refractivity contribution in [1.29, 1.82) is 0 Å². The van der Waals surface area contributed by atoms with Crippen LogP contribution >= 0.6 is 34.4 Å². The standard InChI is InChI=1S/C25H22N6O9S3/c1-25(2,23(38)39)40-29-15(12-9-42-24(26)27-12)18(32)28-16-19(33)31-17(22(36)37)11(8-41-20(16)31)7-30-4-3-13-10(6-30)5-14(43-13)21(34)35/h3-6,9,16,20H,7-8H2,1-2H3,(H5-,26,27,28,32,34,35,36,37,38,39)/b29-15-/t16?,20-/m1/s1. The lowest BCUT2D eigenvalue weighted by Crippen LogP contribution is -2.71. The Labute approximate surface area is 254 Å². The van der Waals surface area contributed by atoms with E-state index in [1.165, 1.54) is 37.1 Å². The molecule has 2 amide bonds. The van der Waals surface area contributed by atoms with Crippen LogP contribution < -0.4 is 20.7 Å². The summed E-state index contributed by atoms with van der Waals surface area (Å²) in [7, 11) is 0. The van der Waals surface area contributed by atoms with Crippen molar-refractivity contribution in [2.24, 2.45) is 5.16 Å². The van der Waals surface area contributed by atoms with Crippen molar-refractivity contribution >= 4 is 85.1 Å². The molecule has 0 bridgehead atoms. The van der Waals surface area contributed by atoms with Gasteiger partial charge in [0.15, 0.2) is 29.8 Å². The smallest absolute Gasteiger partial charge is 0.350 e. The fourth-order valence-corrected chi connectivity index (χ4v) is 7.01. The highest BCUT2D eigenvalue weighted by atomic mass is 32.2. The molecule has 3 aromatic heterocycles. The number of amides is 2. The van der Waals surface area contributed by atoms with E-state index in [0.717, 1.165) is 32.3 Å². The van der Waals surface area contributed by atoms with Crippen molar-refractivity contribution in [3.8, 4) is 0 Å². The van der Waals surface area contributed by atoms with Gasteiger partial charge in [0.05, 0.1) is 17.1 Å². The molecule has 5 heterocycles. The second kappa shape index (κ2) is 11.3. The summed E-state index contributed by atoms with van der Waals surface area (Å²) in [6.07, 6.45) is 3.37. The molecule has 1 fully saturated rings. The Morgan fingerprint density at radius 1 is 1.33 bits per heavy atom. The first-order valence-electron chi connectivity index (χ1n) is 12.3. The van der Waals surface area contributed by atoms with Crippen LogP contribution in [-0.2, 0) is 30.6 Å². The third kappa shape index (κ3) is 5.75. The number of β-lactam (4-membered cyclic amide) rings is 1. The van der Waals surface area contributed by atoms with Crippen molar-refractivity contribution in [2.45, 2.75) is 37.4 Å². The van der Waals surface area contributed by atoms with Gasteiger partial charge in [-0.1, -0.05) is 5.16 Å². The maximum Gasteiger partial charge on any atom is 0.350 e. The van der Waals surface area contributed by atoms with Crippen LogP contribution in [0.3, 0.4) is 0 Å². The van der Waals surface area contributed by atoms with Crippen LogP contribution in [0.2, 0.25) is 0 Å². The molecule has 0 aliphatic carbocycles. The monoisotopic (exact) mass is 646 g/mol. The van der Waals surface area contributed by atoms with Crippen LogP contribution in [0, 0.1) is 0 Å². The molecule has 43 heavy (non-hydrogen) atoms. The van der Waals surface area contributed by atoms with Gasteiger partial charge in [0.25, 0.3) is 11.8 Å². The summed E-state index contributed by atoms with van der Waals surface area (Å²) in [5.41, 5.74) is 3.55. The van der Waals surface area contributed by atoms with Crippen molar-refractivity contribution < 1.29 is 48.7 Å². The molecule has 0 spiro atoms. The minimum Gasteiger partial charge on any atom is -0.543 e. The lowest BCUT2D eigenvalue weighted by molar-refractivity contribution is -0.687. The number of carboxylic acid groups (broad SMARTS) is 3. The number of anilines is 1. The number of nitrogens with two attached hydrogens (primary N) is 1. The Morgan fingerprint density at radius 2 is 2.07 bits per heavy atom. The maximum absolute atomic E-state index is 13.2. The quantitative estimate of drug-likeness (QED) is 0.0956. The number of rotatable bonds is 10. The number of thiophene rings is 1. The Morgan fingerprint density at radius 3 is 2.70 bits per heavy atom. The summed E-state index contributed by atoms with van der Waals surface area (Å²) in [5, 5.41) is 38.4. The number of aromatic nitrogens is 2. The number of pyridine rings is 1. The average molecular weight is 647 g/mol. The molecule has 0 aromatic carbocycles. The minimum absolute atomic E-state index is 0.00573. The predicted octanol–water partition coefficient (Wildman–Crippen LogP) is -0.386. The molecule has 0 radical (unpaired) electrons. The first-order chi connectivity index (χ1) is 20.3. The average Bonchev–Trinajstić information content (AvgIpc) is 3.57. The summed E-state index contributed by atoms with van der Waals surface area (Å²) >= 11 is 3.35. The number of nitrogen functional groups attached to an aromatic ring is 1. The number of nitrogens with zero attached hydrogens (tertiary/aromatic N) is 4. The molecule has 0 saturated carbocycles. The van der Waals surface area contributed by atoms with Gasteiger partial charge >= 0.3 is 11.9 Å². The number of hydrogen-bond acceptors (Lipinski definition) is 13. The SMILES string of the molecule is CC(C)(O/N=C(\C(=O)NC1C(=O)N2C(C(=O)[O-])=C(C[n+]3ccc4sc(C(=O)O)cc4c3)CS[C@H]12)c1csc(N)n1)C(=O)O. The van der Waals surface area contributed by atoms with Gasteiger partial charge in [0.2, 0.25) is 5.60 Å². The highest BCUT2D eigenvalue weighted by molar-refractivity contribution is 8.00. The van der Waals surface area contributed by atoms with E-state index in [2.05, 4.69) is 15.5 Å². The van der Waals surface area contributed by atoms with Crippen LogP contribution in [0.15, 0.2) is 46.3 Å². The zero-order valence-electron chi connectivity index (χ0n) is 22.3. The molecule has 1 unspecified atom stereocenters. The van der Waals surface area contributed by atoms with Gasteiger partial charge in [-0.15, -0.1) is 34.4 Å². The van der Waals surface area contributed by atoms with E-state index in [-0.39, 0.29) is 33.7 Å². The summed E-state index contributed by atoms with van der Waals surface area (Å²) < 4.78 is 2.43. The van der Waals surface area contributed by atoms with Crippen LogP contribution in [0.4, 0.5) is 5.13 Å². The maximum atomic E-state index is 13.2. The number of oxime groups is 1. The highest BCUT2D eigenvalue weighted by Gasteiger charge is 2.53. The van der Waals surface area contributed by atoms with E-state index in [1.54, 1.807) is 23.0 Å². The molecule has 1 saturated heterocycles. The normalized spacial score (nSPS) is 18.7. The molecule has 2 aliphatic heterocycles. The second-order valence-electron chi connectivity index (χ2n) is 9.87. The minimum atomic E-state index is -1.79. The molecular weight excluding hydrogens is 625 g/mol. The number of carbonyl (C=O) groups excluding carboxylic acids is 3. The zero-order valence-corrected chi connectivity index (χ0v) is 24.7. The van der Waals surface area contributed by atoms with E-state index in [1.807, 2.05) is 0 Å². The van der Waals surface area contributed by atoms with Crippen molar-refractivity contribution in [2.75, 3.05) is 11.5 Å². The number of aromatic carboxylic acids is 1. The molecule has 15 nitrogen and oxygen atoms in total. The van der Waals surface area contributed by atoms with Crippen molar-refractivity contribution in [3.63, 3.8) is 0 Å². The highest BCUT2D eigenvalue weighted by Crippen LogP contribution is 2.40. The number of thiazole rings is 1. The Hall–Kier alpha value is -4.55. The molecule has 3 aromatic rings. The summed E-state index contributed by atoms with van der Waals surface area (Å²) in [6.45, 7) is 2.55. The van der Waals surface area contributed by atoms with Crippen LogP contribution in [-0.4, -0.2) is 78.3 Å². The number of carboxylic acids is 3. The Balaban J connectivity index is 1.36. The van der Waals surface area contributed by atoms with E-state index in [4.69, 9.17) is 10.6 Å². The molecular formula is C25H22N6O9S3. The molecule has 2 atom stereocenters. The topological polar surface area (TPSA) is 229 Å². The van der Waals surface area contributed by atoms with Gasteiger partial charge in [0, 0.05) is 27.5 Å². The molecule has 18 heteroatoms. The van der Waals surface area contributed by atoms with E-state index in [9.17, 15) is 39.3 Å². The lowest BCUT2D eigenvalue weighted by atomic mass is 10.0. The third-order valence-corrected chi connectivity index (χ3v) is 9.60. The molecule has 2 aliphatic rings. The van der Waals surface area contributed by atoms with E-state index >= 15 is 0 Å². The first-order valence-corrected chi connectivity index (χ1v) is 15.1. The van der Waals surface area contributed by atoms with Crippen LogP contribution in [0.25, 0.3) is 10.1 Å². The fourth-order valence-electron chi connectivity index (χ4n) is 4.26. The van der Waals surface area contributed by atoms with Crippen molar-refractivity contribution in [3.05, 3.63) is 51.7 Å².